The number of hydroxylamine groups is 2. The van der Waals surface area contributed by atoms with Crippen molar-refractivity contribution in [2.75, 3.05) is 0 Å². The van der Waals surface area contributed by atoms with Crippen LogP contribution in [0, 0.1) is 0 Å². The van der Waals surface area contributed by atoms with Gasteiger partial charge in [0.25, 0.3) is 16.0 Å². The lowest BCUT2D eigenvalue weighted by Crippen LogP contribution is -2.62. The van der Waals surface area contributed by atoms with E-state index in [0.29, 0.717) is 12.8 Å². The highest BCUT2D eigenvalue weighted by molar-refractivity contribution is 7.86. The summed E-state index contributed by atoms with van der Waals surface area (Å²) in [6, 6.07) is 5.21. The lowest BCUT2D eigenvalue weighted by Gasteiger charge is -2.50. The van der Waals surface area contributed by atoms with E-state index < -0.39 is 32.0 Å². The molecule has 24 heavy (non-hydrogen) atoms. The Morgan fingerprint density at radius 3 is 2.17 bits per heavy atom. The van der Waals surface area contributed by atoms with E-state index in [-0.39, 0.29) is 11.6 Å². The molecule has 7 nitrogen and oxygen atoms in total. The van der Waals surface area contributed by atoms with Crippen molar-refractivity contribution in [3.8, 4) is 0 Å². The molecule has 0 bridgehead atoms. The number of hydrogen-bond donors (Lipinski definition) is 2. The lowest BCUT2D eigenvalue weighted by atomic mass is 9.79. The molecular weight excluding hydrogens is 332 g/mol. The molecule has 1 heterocycles. The number of piperidine rings is 1. The summed E-state index contributed by atoms with van der Waals surface area (Å²) in [5.74, 6) is -0.584. The van der Waals surface area contributed by atoms with E-state index >= 15 is 0 Å². The Morgan fingerprint density at radius 1 is 1.17 bits per heavy atom. The second-order valence-electron chi connectivity index (χ2n) is 7.47. The SMILES string of the molecule is CC1(C)CC(NC(=O)c2ccccc2S(=O)(=O)O)CC(C)(C)N1[O]. The fraction of sp³-hybridized carbons (Fsp3) is 0.562. The molecule has 0 aromatic heterocycles. The number of nitrogens with zero attached hydrogens (tertiary/aromatic N) is 1. The quantitative estimate of drug-likeness (QED) is 0.807. The second-order valence-corrected chi connectivity index (χ2v) is 8.86. The number of benzene rings is 1. The van der Waals surface area contributed by atoms with E-state index in [1.165, 1.54) is 24.3 Å². The van der Waals surface area contributed by atoms with Crippen LogP contribution in [0.5, 0.6) is 0 Å². The first-order valence-electron chi connectivity index (χ1n) is 7.69. The zero-order valence-corrected chi connectivity index (χ0v) is 15.1. The molecule has 1 aliphatic heterocycles. The van der Waals surface area contributed by atoms with E-state index in [2.05, 4.69) is 5.32 Å². The van der Waals surface area contributed by atoms with Crippen molar-refractivity contribution in [2.45, 2.75) is 62.6 Å². The van der Waals surface area contributed by atoms with Gasteiger partial charge in [0, 0.05) is 17.1 Å². The molecule has 0 atom stereocenters. The lowest BCUT2D eigenvalue weighted by molar-refractivity contribution is -0.289. The summed E-state index contributed by atoms with van der Waals surface area (Å²) >= 11 is 0. The summed E-state index contributed by atoms with van der Waals surface area (Å²) in [4.78, 5) is 12.1. The van der Waals surface area contributed by atoms with Crippen LogP contribution in [0.15, 0.2) is 29.2 Å². The van der Waals surface area contributed by atoms with E-state index in [9.17, 15) is 23.0 Å². The van der Waals surface area contributed by atoms with Crippen LogP contribution in [0.1, 0.15) is 50.9 Å². The molecule has 1 aromatic rings. The van der Waals surface area contributed by atoms with Crippen molar-refractivity contribution < 1.29 is 23.0 Å². The topological polar surface area (TPSA) is 107 Å². The van der Waals surface area contributed by atoms with Gasteiger partial charge in [-0.2, -0.15) is 8.42 Å². The van der Waals surface area contributed by atoms with Crippen LogP contribution in [-0.4, -0.2) is 41.1 Å². The minimum Gasteiger partial charge on any atom is -0.349 e. The van der Waals surface area contributed by atoms with E-state index in [1.54, 1.807) is 0 Å². The maximum absolute atomic E-state index is 12.5. The highest BCUT2D eigenvalue weighted by Crippen LogP contribution is 2.37. The third-order valence-electron chi connectivity index (χ3n) is 4.34. The summed E-state index contributed by atoms with van der Waals surface area (Å²) in [6.07, 6.45) is 0.888. The first kappa shape index (κ1) is 18.9. The molecule has 1 saturated heterocycles. The highest BCUT2D eigenvalue weighted by atomic mass is 32.2. The van der Waals surface area contributed by atoms with Gasteiger partial charge in [0.2, 0.25) is 0 Å². The fourth-order valence-corrected chi connectivity index (χ4v) is 4.20. The maximum Gasteiger partial charge on any atom is 0.295 e. The molecule has 1 amide bonds. The zero-order chi connectivity index (χ0) is 18.3. The van der Waals surface area contributed by atoms with E-state index in [0.717, 1.165) is 5.06 Å². The first-order valence-corrected chi connectivity index (χ1v) is 9.13. The Hall–Kier alpha value is -1.48. The van der Waals surface area contributed by atoms with Gasteiger partial charge < -0.3 is 5.32 Å². The van der Waals surface area contributed by atoms with Crippen molar-refractivity contribution in [3.05, 3.63) is 29.8 Å². The Morgan fingerprint density at radius 2 is 1.67 bits per heavy atom. The van der Waals surface area contributed by atoms with Crippen molar-refractivity contribution in [3.63, 3.8) is 0 Å². The van der Waals surface area contributed by atoms with Crippen molar-refractivity contribution in [1.29, 1.82) is 0 Å². The van der Waals surface area contributed by atoms with E-state index in [4.69, 9.17) is 0 Å². The third-order valence-corrected chi connectivity index (χ3v) is 5.25. The Balaban J connectivity index is 2.26. The summed E-state index contributed by atoms with van der Waals surface area (Å²) < 4.78 is 32.1. The molecule has 0 saturated carbocycles. The summed E-state index contributed by atoms with van der Waals surface area (Å²) in [6.45, 7) is 7.25. The smallest absolute Gasteiger partial charge is 0.295 e. The molecular formula is C16H23N2O5S. The molecule has 1 aromatic carbocycles. The molecule has 0 unspecified atom stereocenters. The van der Waals surface area contributed by atoms with Gasteiger partial charge in [0.15, 0.2) is 0 Å². The molecule has 1 fully saturated rings. The number of nitrogens with one attached hydrogen (secondary N) is 1. The third kappa shape index (κ3) is 3.77. The number of carbonyl (C=O) groups is 1. The van der Waals surface area contributed by atoms with Gasteiger partial charge in [-0.25, -0.2) is 0 Å². The normalized spacial score (nSPS) is 21.4. The van der Waals surface area contributed by atoms with Gasteiger partial charge in [0.1, 0.15) is 4.90 Å². The second kappa shape index (κ2) is 6.11. The Kier molecular flexibility index (Phi) is 4.80. The molecule has 1 aliphatic rings. The van der Waals surface area contributed by atoms with Crippen LogP contribution >= 0.6 is 0 Å². The number of carbonyl (C=O) groups excluding carboxylic acids is 1. The first-order chi connectivity index (χ1) is 10.8. The van der Waals surface area contributed by atoms with Gasteiger partial charge in [-0.15, -0.1) is 10.3 Å². The minimum absolute atomic E-state index is 0.111. The molecule has 8 heteroatoms. The van der Waals surface area contributed by atoms with Crippen LogP contribution in [0.2, 0.25) is 0 Å². The average molecular weight is 355 g/mol. The van der Waals surface area contributed by atoms with Crippen molar-refractivity contribution in [1.82, 2.24) is 10.4 Å². The van der Waals surface area contributed by atoms with Crippen LogP contribution in [0.4, 0.5) is 0 Å². The summed E-state index contributed by atoms with van der Waals surface area (Å²) in [5.41, 5.74) is -1.41. The summed E-state index contributed by atoms with van der Waals surface area (Å²) in [7, 11) is -4.49. The van der Waals surface area contributed by atoms with Crippen LogP contribution < -0.4 is 5.32 Å². The van der Waals surface area contributed by atoms with Crippen LogP contribution in [0.3, 0.4) is 0 Å². The monoisotopic (exact) mass is 355 g/mol. The maximum atomic E-state index is 12.5. The fourth-order valence-electron chi connectivity index (χ4n) is 3.51. The number of rotatable bonds is 3. The van der Waals surface area contributed by atoms with Gasteiger partial charge in [-0.3, -0.25) is 9.35 Å². The van der Waals surface area contributed by atoms with Gasteiger partial charge in [-0.05, 0) is 52.7 Å². The number of amides is 1. The number of hydrogen-bond acceptors (Lipinski definition) is 4. The van der Waals surface area contributed by atoms with Gasteiger partial charge in [0.05, 0.1) is 5.56 Å². The molecule has 0 aliphatic carbocycles. The van der Waals surface area contributed by atoms with Crippen LogP contribution in [-0.2, 0) is 15.3 Å². The van der Waals surface area contributed by atoms with Crippen molar-refractivity contribution in [2.24, 2.45) is 0 Å². The molecule has 133 valence electrons. The van der Waals surface area contributed by atoms with Crippen molar-refractivity contribution >= 4 is 16.0 Å². The standard InChI is InChI=1S/C16H23N2O5S/c1-15(2)9-11(10-16(3,4)18(15)20)17-14(19)12-7-5-6-8-13(12)24(21,22)23/h5-8,11H,9-10H2,1-4H3,(H,17,19)(H,21,22,23). The predicted octanol–water partition coefficient (Wildman–Crippen LogP) is 2.03. The van der Waals surface area contributed by atoms with Gasteiger partial charge in [-0.1, -0.05) is 12.1 Å². The zero-order valence-electron chi connectivity index (χ0n) is 14.2. The minimum atomic E-state index is -4.49. The largest absolute Gasteiger partial charge is 0.349 e. The Labute approximate surface area is 142 Å². The van der Waals surface area contributed by atoms with E-state index in [1.807, 2.05) is 27.7 Å². The molecule has 2 rings (SSSR count). The predicted molar refractivity (Wildman–Crippen MR) is 87.4 cm³/mol. The average Bonchev–Trinajstić information content (AvgIpc) is 2.43. The molecule has 1 radical (unpaired) electrons. The Bertz CT molecular complexity index is 725. The molecule has 2 N–H and O–H groups in total. The molecule has 0 spiro atoms. The van der Waals surface area contributed by atoms with Crippen LogP contribution in [0.25, 0.3) is 0 Å². The summed E-state index contributed by atoms with van der Waals surface area (Å²) in [5, 5.41) is 16.2. The highest BCUT2D eigenvalue weighted by Gasteiger charge is 2.46. The van der Waals surface area contributed by atoms with Gasteiger partial charge >= 0.3 is 0 Å².